The predicted octanol–water partition coefficient (Wildman–Crippen LogP) is 1.01. The summed E-state index contributed by atoms with van der Waals surface area (Å²) in [5.74, 6) is 5.09. The number of hydrogen-bond donors (Lipinski definition) is 1. The monoisotopic (exact) mass is 232 g/mol. The third kappa shape index (κ3) is 2.01. The lowest BCUT2D eigenvalue weighted by Gasteiger charge is -2.16. The van der Waals surface area contributed by atoms with E-state index in [4.69, 9.17) is 5.84 Å². The maximum Gasteiger partial charge on any atom is 0.243 e. The first-order chi connectivity index (χ1) is 8.00. The predicted molar refractivity (Wildman–Crippen MR) is 66.1 cm³/mol. The number of aromatic nitrogens is 2. The summed E-state index contributed by atoms with van der Waals surface area (Å²) in [4.78, 5) is 16.0. The second kappa shape index (κ2) is 4.18. The number of benzene rings is 1. The van der Waals surface area contributed by atoms with E-state index < -0.39 is 0 Å². The lowest BCUT2D eigenvalue weighted by atomic mass is 10.00. The SMILES string of the molecule is CC(C(=O)N(C)N)c1ccc2c(c1)ncn2C. The largest absolute Gasteiger partial charge is 0.334 e. The summed E-state index contributed by atoms with van der Waals surface area (Å²) < 4.78 is 1.95. The Balaban J connectivity index is 2.39. The fraction of sp³-hybridized carbons (Fsp3) is 0.333. The number of amides is 1. The van der Waals surface area contributed by atoms with Gasteiger partial charge in [0, 0.05) is 14.1 Å². The van der Waals surface area contributed by atoms with Crippen LogP contribution in [-0.2, 0) is 11.8 Å². The number of likely N-dealkylation sites (N-methyl/N-ethyl adjacent to an activating group) is 1. The van der Waals surface area contributed by atoms with Crippen LogP contribution in [0.2, 0.25) is 0 Å². The minimum absolute atomic E-state index is 0.111. The summed E-state index contributed by atoms with van der Waals surface area (Å²) >= 11 is 0. The van der Waals surface area contributed by atoms with Crippen LogP contribution in [0.5, 0.6) is 0 Å². The van der Waals surface area contributed by atoms with Crippen molar-refractivity contribution < 1.29 is 4.79 Å². The highest BCUT2D eigenvalue weighted by Crippen LogP contribution is 2.21. The molecule has 2 N–H and O–H groups in total. The Bertz CT molecular complexity index is 559. The molecule has 5 nitrogen and oxygen atoms in total. The Morgan fingerprint density at radius 3 is 2.88 bits per heavy atom. The molecule has 1 atom stereocenters. The average Bonchev–Trinajstić information content (AvgIpc) is 2.68. The molecule has 1 unspecified atom stereocenters. The first-order valence-corrected chi connectivity index (χ1v) is 5.44. The van der Waals surface area contributed by atoms with E-state index in [1.807, 2.05) is 36.7 Å². The Morgan fingerprint density at radius 2 is 2.24 bits per heavy atom. The van der Waals surface area contributed by atoms with Crippen molar-refractivity contribution in [3.63, 3.8) is 0 Å². The Labute approximate surface area is 99.8 Å². The van der Waals surface area contributed by atoms with Gasteiger partial charge in [0.15, 0.2) is 0 Å². The van der Waals surface area contributed by atoms with Crippen molar-refractivity contribution >= 4 is 16.9 Å². The molecule has 1 aromatic heterocycles. The molecule has 0 saturated heterocycles. The zero-order valence-corrected chi connectivity index (χ0v) is 10.2. The van der Waals surface area contributed by atoms with Crippen LogP contribution in [0.15, 0.2) is 24.5 Å². The molecule has 1 heterocycles. The summed E-state index contributed by atoms with van der Waals surface area (Å²) in [6.07, 6.45) is 1.76. The van der Waals surface area contributed by atoms with Crippen LogP contribution >= 0.6 is 0 Å². The van der Waals surface area contributed by atoms with E-state index in [2.05, 4.69) is 4.98 Å². The zero-order valence-electron chi connectivity index (χ0n) is 10.2. The second-order valence-corrected chi connectivity index (χ2v) is 4.27. The summed E-state index contributed by atoms with van der Waals surface area (Å²) in [6.45, 7) is 1.84. The van der Waals surface area contributed by atoms with Crippen molar-refractivity contribution in [3.8, 4) is 0 Å². The highest BCUT2D eigenvalue weighted by Gasteiger charge is 2.18. The van der Waals surface area contributed by atoms with Gasteiger partial charge in [-0.1, -0.05) is 6.07 Å². The molecule has 2 rings (SSSR count). The summed E-state index contributed by atoms with van der Waals surface area (Å²) in [5.41, 5.74) is 2.87. The van der Waals surface area contributed by atoms with E-state index in [1.165, 1.54) is 0 Å². The van der Waals surface area contributed by atoms with Crippen LogP contribution in [0.1, 0.15) is 18.4 Å². The van der Waals surface area contributed by atoms with Gasteiger partial charge in [0.2, 0.25) is 5.91 Å². The van der Waals surface area contributed by atoms with Crippen molar-refractivity contribution in [2.24, 2.45) is 12.9 Å². The van der Waals surface area contributed by atoms with Gasteiger partial charge < -0.3 is 4.57 Å². The smallest absolute Gasteiger partial charge is 0.243 e. The number of carbonyl (C=O) groups excluding carboxylic acids is 1. The topological polar surface area (TPSA) is 64.2 Å². The molecule has 0 aliphatic carbocycles. The van der Waals surface area contributed by atoms with Gasteiger partial charge in [-0.05, 0) is 24.6 Å². The van der Waals surface area contributed by atoms with Crippen LogP contribution in [0.25, 0.3) is 11.0 Å². The van der Waals surface area contributed by atoms with E-state index in [0.29, 0.717) is 0 Å². The Morgan fingerprint density at radius 1 is 1.53 bits per heavy atom. The van der Waals surface area contributed by atoms with E-state index in [-0.39, 0.29) is 11.8 Å². The number of carbonyl (C=O) groups is 1. The molecule has 0 fully saturated rings. The maximum atomic E-state index is 11.8. The Hall–Kier alpha value is -1.88. The molecule has 1 aromatic carbocycles. The van der Waals surface area contributed by atoms with Crippen LogP contribution in [0, 0.1) is 0 Å². The first kappa shape index (κ1) is 11.6. The van der Waals surface area contributed by atoms with Gasteiger partial charge in [-0.2, -0.15) is 0 Å². The minimum atomic E-state index is -0.253. The third-order valence-corrected chi connectivity index (χ3v) is 2.97. The molecule has 0 spiro atoms. The molecule has 17 heavy (non-hydrogen) atoms. The molecule has 0 saturated carbocycles. The van der Waals surface area contributed by atoms with Gasteiger partial charge in [0.05, 0.1) is 23.3 Å². The summed E-state index contributed by atoms with van der Waals surface area (Å²) in [7, 11) is 3.50. The molecule has 0 bridgehead atoms. The van der Waals surface area contributed by atoms with Crippen LogP contribution in [0.3, 0.4) is 0 Å². The van der Waals surface area contributed by atoms with Crippen molar-refractivity contribution in [1.29, 1.82) is 0 Å². The summed E-state index contributed by atoms with van der Waals surface area (Å²) in [5, 5.41) is 1.12. The van der Waals surface area contributed by atoms with Crippen LogP contribution in [-0.4, -0.2) is 27.5 Å². The molecule has 1 amide bonds. The van der Waals surface area contributed by atoms with E-state index in [0.717, 1.165) is 21.6 Å². The fourth-order valence-electron chi connectivity index (χ4n) is 1.87. The minimum Gasteiger partial charge on any atom is -0.334 e. The lowest BCUT2D eigenvalue weighted by molar-refractivity contribution is -0.131. The number of fused-ring (bicyclic) bond motifs is 1. The maximum absolute atomic E-state index is 11.8. The van der Waals surface area contributed by atoms with Gasteiger partial charge >= 0.3 is 0 Å². The molecular weight excluding hydrogens is 216 g/mol. The van der Waals surface area contributed by atoms with Gasteiger partial charge in [0.1, 0.15) is 0 Å². The molecule has 5 heteroatoms. The van der Waals surface area contributed by atoms with Crippen molar-refractivity contribution in [1.82, 2.24) is 14.6 Å². The zero-order chi connectivity index (χ0) is 12.6. The number of imidazole rings is 1. The number of hydrazine groups is 1. The van der Waals surface area contributed by atoms with Crippen molar-refractivity contribution in [2.45, 2.75) is 12.8 Å². The summed E-state index contributed by atoms with van der Waals surface area (Å²) in [6, 6.07) is 5.84. The van der Waals surface area contributed by atoms with Gasteiger partial charge in [0.25, 0.3) is 0 Å². The van der Waals surface area contributed by atoms with Crippen molar-refractivity contribution in [3.05, 3.63) is 30.1 Å². The van der Waals surface area contributed by atoms with Crippen molar-refractivity contribution in [2.75, 3.05) is 7.05 Å². The van der Waals surface area contributed by atoms with Crippen LogP contribution < -0.4 is 5.84 Å². The first-order valence-electron chi connectivity index (χ1n) is 5.44. The van der Waals surface area contributed by atoms with Gasteiger partial charge in [-0.15, -0.1) is 0 Å². The molecule has 2 aromatic rings. The van der Waals surface area contributed by atoms with Crippen LogP contribution in [0.4, 0.5) is 0 Å². The number of nitrogens with zero attached hydrogens (tertiary/aromatic N) is 3. The molecule has 0 radical (unpaired) electrons. The fourth-order valence-corrected chi connectivity index (χ4v) is 1.87. The molecular formula is C12H16N4O. The van der Waals surface area contributed by atoms with Gasteiger partial charge in [-0.25, -0.2) is 10.8 Å². The number of nitrogens with two attached hydrogens (primary N) is 1. The third-order valence-electron chi connectivity index (χ3n) is 2.97. The average molecular weight is 232 g/mol. The molecule has 0 aliphatic rings. The highest BCUT2D eigenvalue weighted by molar-refractivity contribution is 5.84. The Kier molecular flexibility index (Phi) is 2.85. The normalized spacial score (nSPS) is 12.7. The quantitative estimate of drug-likeness (QED) is 0.477. The molecule has 90 valence electrons. The van der Waals surface area contributed by atoms with E-state index in [1.54, 1.807) is 13.4 Å². The van der Waals surface area contributed by atoms with E-state index in [9.17, 15) is 4.79 Å². The van der Waals surface area contributed by atoms with Gasteiger partial charge in [-0.3, -0.25) is 9.80 Å². The number of aryl methyl sites for hydroxylation is 1. The molecule has 0 aliphatic heterocycles. The number of rotatable bonds is 2. The van der Waals surface area contributed by atoms with E-state index >= 15 is 0 Å². The number of hydrogen-bond acceptors (Lipinski definition) is 3. The second-order valence-electron chi connectivity index (χ2n) is 4.27. The lowest BCUT2D eigenvalue weighted by Crippen LogP contribution is -2.36. The standard InChI is InChI=1S/C12H16N4O/c1-8(12(17)16(3)13)9-4-5-11-10(6-9)14-7-15(11)2/h4-8H,13H2,1-3H3. The highest BCUT2D eigenvalue weighted by atomic mass is 16.2.